The average Bonchev–Trinajstić information content (AvgIpc) is 2.91. The smallest absolute Gasteiger partial charge is 0.268 e. The topological polar surface area (TPSA) is 44.9 Å². The van der Waals surface area contributed by atoms with Gasteiger partial charge in [-0.3, -0.25) is 4.79 Å². The van der Waals surface area contributed by atoms with Gasteiger partial charge in [0.25, 0.3) is 5.91 Å². The van der Waals surface area contributed by atoms with Crippen molar-refractivity contribution in [3.63, 3.8) is 0 Å². The number of rotatable bonds is 3. The van der Waals surface area contributed by atoms with E-state index in [9.17, 15) is 4.79 Å². The number of hydrogen-bond acceptors (Lipinski definition) is 1. The number of nitrogens with one attached hydrogen (secondary N) is 2. The molecule has 0 saturated carbocycles. The summed E-state index contributed by atoms with van der Waals surface area (Å²) < 4.78 is 0. The van der Waals surface area contributed by atoms with Crippen LogP contribution in [0, 0.1) is 0 Å². The quantitative estimate of drug-likeness (QED) is 0.838. The second kappa shape index (κ2) is 5.78. The van der Waals surface area contributed by atoms with Crippen LogP contribution in [-0.4, -0.2) is 16.3 Å². The predicted octanol–water partition coefficient (Wildman–Crippen LogP) is 2.08. The van der Waals surface area contributed by atoms with E-state index in [4.69, 9.17) is 11.6 Å². The van der Waals surface area contributed by atoms with E-state index in [1.165, 1.54) is 0 Å². The zero-order valence-corrected chi connectivity index (χ0v) is 12.5. The van der Waals surface area contributed by atoms with Gasteiger partial charge in [0.05, 0.1) is 11.4 Å². The molecular formula is C17H17ClN2O. The van der Waals surface area contributed by atoms with Crippen molar-refractivity contribution >= 4 is 29.7 Å². The van der Waals surface area contributed by atoms with Gasteiger partial charge < -0.3 is 10.3 Å². The minimum atomic E-state index is -0.103. The van der Waals surface area contributed by atoms with Crippen LogP contribution in [0.5, 0.6) is 0 Å². The Morgan fingerprint density at radius 3 is 2.90 bits per heavy atom. The fraction of sp³-hybridized carbons (Fsp3) is 0.235. The zero-order valence-electron chi connectivity index (χ0n) is 11.8. The van der Waals surface area contributed by atoms with E-state index in [2.05, 4.69) is 10.3 Å². The number of fused-ring (bicyclic) bond motifs is 1. The largest absolute Gasteiger partial charge is 0.351 e. The number of hydrogen-bond donors (Lipinski definition) is 2. The Morgan fingerprint density at radius 1 is 1.38 bits per heavy atom. The molecule has 0 saturated heterocycles. The van der Waals surface area contributed by atoms with E-state index in [0.29, 0.717) is 5.69 Å². The summed E-state index contributed by atoms with van der Waals surface area (Å²) in [6.45, 7) is 1.98. The van der Waals surface area contributed by atoms with Crippen molar-refractivity contribution in [3.05, 3.63) is 58.2 Å². The minimum Gasteiger partial charge on any atom is -0.351 e. The van der Waals surface area contributed by atoms with Crippen LogP contribution in [-0.2, 0) is 0 Å². The summed E-state index contributed by atoms with van der Waals surface area (Å²) in [7, 11) is 0. The highest BCUT2D eigenvalue weighted by molar-refractivity contribution is 6.24. The molecule has 2 atom stereocenters. The summed E-state index contributed by atoms with van der Waals surface area (Å²) in [5.74, 6) is -0.103. The predicted molar refractivity (Wildman–Crippen MR) is 85.6 cm³/mol. The Bertz CT molecular complexity index is 764. The number of amides is 1. The third kappa shape index (κ3) is 3.03. The molecule has 1 aromatic heterocycles. The first-order valence-corrected chi connectivity index (χ1v) is 7.48. The first-order valence-electron chi connectivity index (χ1n) is 7.04. The summed E-state index contributed by atoms with van der Waals surface area (Å²) >= 11 is 6.10. The van der Waals surface area contributed by atoms with Gasteiger partial charge in [-0.1, -0.05) is 42.5 Å². The maximum absolute atomic E-state index is 12.3. The summed E-state index contributed by atoms with van der Waals surface area (Å²) in [5.41, 5.74) is 1.65. The van der Waals surface area contributed by atoms with Crippen molar-refractivity contribution in [2.75, 3.05) is 0 Å². The summed E-state index contributed by atoms with van der Waals surface area (Å²) in [6, 6.07) is 11.7. The van der Waals surface area contributed by atoms with Crippen LogP contribution < -0.4 is 15.9 Å². The van der Waals surface area contributed by atoms with E-state index >= 15 is 0 Å². The van der Waals surface area contributed by atoms with Crippen LogP contribution >= 0.6 is 11.6 Å². The number of carbonyl (C=O) groups is 1. The van der Waals surface area contributed by atoms with Crippen LogP contribution in [0.4, 0.5) is 0 Å². The maximum Gasteiger partial charge on any atom is 0.268 e. The van der Waals surface area contributed by atoms with Gasteiger partial charge in [-0.15, -0.1) is 11.6 Å². The van der Waals surface area contributed by atoms with Gasteiger partial charge in [-0.05, 0) is 30.2 Å². The lowest BCUT2D eigenvalue weighted by Crippen LogP contribution is -2.28. The van der Waals surface area contributed by atoms with Crippen LogP contribution in [0.15, 0.2) is 36.4 Å². The van der Waals surface area contributed by atoms with Crippen molar-refractivity contribution in [1.82, 2.24) is 10.3 Å². The van der Waals surface area contributed by atoms with E-state index < -0.39 is 0 Å². The molecule has 1 aromatic carbocycles. The van der Waals surface area contributed by atoms with Crippen molar-refractivity contribution in [3.8, 4) is 0 Å². The molecule has 0 fully saturated rings. The zero-order chi connectivity index (χ0) is 14.8. The van der Waals surface area contributed by atoms with Gasteiger partial charge in [-0.25, -0.2) is 0 Å². The van der Waals surface area contributed by atoms with Gasteiger partial charge in [-0.2, -0.15) is 0 Å². The molecule has 1 amide bonds. The number of aromatic amines is 1. The third-order valence-corrected chi connectivity index (χ3v) is 3.98. The van der Waals surface area contributed by atoms with Gasteiger partial charge in [0, 0.05) is 5.35 Å². The lowest BCUT2D eigenvalue weighted by Gasteiger charge is -2.13. The third-order valence-electron chi connectivity index (χ3n) is 3.68. The highest BCUT2D eigenvalue weighted by Crippen LogP contribution is 2.12. The summed E-state index contributed by atoms with van der Waals surface area (Å²) in [6.07, 6.45) is 4.80. The number of H-pyrrole nitrogens is 1. The second-order valence-electron chi connectivity index (χ2n) is 5.28. The Morgan fingerprint density at radius 2 is 2.14 bits per heavy atom. The SMILES string of the molecule is CC(NC(=O)c1cc2c([nH]1)=CCC(Cl)C=2)c1ccccc1. The molecule has 21 heavy (non-hydrogen) atoms. The van der Waals surface area contributed by atoms with E-state index in [1.807, 2.05) is 55.5 Å². The number of carbonyl (C=O) groups excluding carboxylic acids is 1. The molecule has 2 N–H and O–H groups in total. The molecular weight excluding hydrogens is 284 g/mol. The standard InChI is InChI=1S/C17H17ClN2O/c1-11(12-5-3-2-4-6-12)19-17(21)16-10-13-9-14(18)7-8-15(13)20-16/h2-6,8-11,14,20H,7H2,1H3,(H,19,21). The lowest BCUT2D eigenvalue weighted by molar-refractivity contribution is 0.0935. The van der Waals surface area contributed by atoms with Gasteiger partial charge in [0.1, 0.15) is 5.69 Å². The Balaban J connectivity index is 1.80. The van der Waals surface area contributed by atoms with E-state index in [0.717, 1.165) is 22.6 Å². The number of benzene rings is 1. The molecule has 1 aliphatic rings. The molecule has 2 aromatic rings. The molecule has 2 unspecified atom stereocenters. The molecule has 3 nitrogen and oxygen atoms in total. The van der Waals surface area contributed by atoms with Crippen LogP contribution in [0.3, 0.4) is 0 Å². The van der Waals surface area contributed by atoms with E-state index in [-0.39, 0.29) is 17.3 Å². The first-order chi connectivity index (χ1) is 10.1. The maximum atomic E-state index is 12.3. The number of alkyl halides is 1. The molecule has 3 rings (SSSR count). The summed E-state index contributed by atoms with van der Waals surface area (Å²) in [5, 5.41) is 4.98. The van der Waals surface area contributed by atoms with Crippen molar-refractivity contribution in [1.29, 1.82) is 0 Å². The van der Waals surface area contributed by atoms with Crippen molar-refractivity contribution < 1.29 is 4.79 Å². The average molecular weight is 301 g/mol. The number of halogens is 1. The molecule has 108 valence electrons. The van der Waals surface area contributed by atoms with E-state index in [1.54, 1.807) is 0 Å². The van der Waals surface area contributed by atoms with Crippen LogP contribution in [0.25, 0.3) is 12.2 Å². The molecule has 4 heteroatoms. The Labute approximate surface area is 128 Å². The highest BCUT2D eigenvalue weighted by Gasteiger charge is 2.14. The summed E-state index contributed by atoms with van der Waals surface area (Å²) in [4.78, 5) is 15.5. The monoisotopic (exact) mass is 300 g/mol. The molecule has 1 aliphatic carbocycles. The van der Waals surface area contributed by atoms with Crippen molar-refractivity contribution in [2.24, 2.45) is 0 Å². The highest BCUT2D eigenvalue weighted by atomic mass is 35.5. The van der Waals surface area contributed by atoms with Crippen LogP contribution in [0.2, 0.25) is 0 Å². The van der Waals surface area contributed by atoms with Crippen LogP contribution in [0.1, 0.15) is 35.4 Å². The molecule has 0 aliphatic heterocycles. The van der Waals surface area contributed by atoms with Crippen molar-refractivity contribution in [2.45, 2.75) is 24.8 Å². The normalized spacial score (nSPS) is 18.1. The molecule has 1 heterocycles. The fourth-order valence-corrected chi connectivity index (χ4v) is 2.73. The van der Waals surface area contributed by atoms with Gasteiger partial charge >= 0.3 is 0 Å². The first kappa shape index (κ1) is 14.0. The lowest BCUT2D eigenvalue weighted by atomic mass is 10.1. The van der Waals surface area contributed by atoms with Gasteiger partial charge in [0.15, 0.2) is 0 Å². The molecule has 0 bridgehead atoms. The number of aromatic nitrogens is 1. The molecule has 0 spiro atoms. The van der Waals surface area contributed by atoms with Gasteiger partial charge in [0.2, 0.25) is 0 Å². The molecule has 0 radical (unpaired) electrons. The Kier molecular flexibility index (Phi) is 3.84. The Hall–Kier alpha value is -2.00. The minimum absolute atomic E-state index is 0.00690. The fourth-order valence-electron chi connectivity index (χ4n) is 2.51. The second-order valence-corrected chi connectivity index (χ2v) is 5.84.